The van der Waals surface area contributed by atoms with Crippen LogP contribution < -0.4 is 15.6 Å². The summed E-state index contributed by atoms with van der Waals surface area (Å²) in [5, 5.41) is 3.18. The van der Waals surface area contributed by atoms with Crippen molar-refractivity contribution in [3.8, 4) is 16.9 Å². The van der Waals surface area contributed by atoms with Gasteiger partial charge in [0.1, 0.15) is 11.6 Å². The molecule has 3 heterocycles. The van der Waals surface area contributed by atoms with Gasteiger partial charge in [0.2, 0.25) is 5.95 Å². The van der Waals surface area contributed by atoms with Crippen LogP contribution in [0.4, 0.5) is 10.3 Å². The van der Waals surface area contributed by atoms with E-state index in [9.17, 15) is 9.18 Å². The molecule has 30 heavy (non-hydrogen) atoms. The number of aromatic nitrogens is 3. The molecule has 1 N–H and O–H groups in total. The van der Waals surface area contributed by atoms with Gasteiger partial charge in [-0.25, -0.2) is 9.37 Å². The molecule has 0 amide bonds. The first-order valence-corrected chi connectivity index (χ1v) is 10.2. The maximum Gasteiger partial charge on any atom is 0.263 e. The zero-order chi connectivity index (χ0) is 21.3. The van der Waals surface area contributed by atoms with Crippen LogP contribution in [0.25, 0.3) is 11.1 Å². The summed E-state index contributed by atoms with van der Waals surface area (Å²) in [6, 6.07) is 4.85. The van der Waals surface area contributed by atoms with Crippen molar-refractivity contribution in [1.82, 2.24) is 14.5 Å². The molecule has 7 heteroatoms. The Labute approximate surface area is 174 Å². The summed E-state index contributed by atoms with van der Waals surface area (Å²) in [4.78, 5) is 21.9. The standard InChI is InChI=1S/C23H25FN4O2/c1-14(2)28-22(29)19(17-11-25-9-8-15(17)3)13-27-23(28)26-12-18-16-5-4-10-30-21(16)7-6-20(18)24/h6-9,11,13-14H,4-5,10,12H2,1-3H3,(H,26,27). The van der Waals surface area contributed by atoms with Crippen molar-refractivity contribution in [1.29, 1.82) is 0 Å². The predicted octanol–water partition coefficient (Wildman–Crippen LogP) is 4.27. The van der Waals surface area contributed by atoms with E-state index in [1.54, 1.807) is 29.2 Å². The molecule has 1 aromatic carbocycles. The van der Waals surface area contributed by atoms with Gasteiger partial charge >= 0.3 is 0 Å². The number of nitrogens with one attached hydrogen (secondary N) is 1. The van der Waals surface area contributed by atoms with Crippen LogP contribution in [0.15, 0.2) is 41.6 Å². The molecule has 3 aromatic rings. The van der Waals surface area contributed by atoms with Crippen LogP contribution in [-0.4, -0.2) is 21.1 Å². The van der Waals surface area contributed by atoms with E-state index in [-0.39, 0.29) is 24.0 Å². The monoisotopic (exact) mass is 408 g/mol. The van der Waals surface area contributed by atoms with Crippen LogP contribution in [0.2, 0.25) is 0 Å². The number of rotatable bonds is 5. The summed E-state index contributed by atoms with van der Waals surface area (Å²) in [6.45, 7) is 6.66. The van der Waals surface area contributed by atoms with Crippen molar-refractivity contribution in [3.05, 3.63) is 69.7 Å². The second-order valence-electron chi connectivity index (χ2n) is 7.76. The number of ether oxygens (including phenoxy) is 1. The van der Waals surface area contributed by atoms with Crippen molar-refractivity contribution < 1.29 is 9.13 Å². The van der Waals surface area contributed by atoms with Crippen LogP contribution >= 0.6 is 0 Å². The number of halogens is 1. The minimum atomic E-state index is -0.284. The van der Waals surface area contributed by atoms with Gasteiger partial charge in [-0.1, -0.05) is 0 Å². The van der Waals surface area contributed by atoms with E-state index in [4.69, 9.17) is 4.74 Å². The molecule has 0 saturated carbocycles. The number of hydrogen-bond donors (Lipinski definition) is 1. The van der Waals surface area contributed by atoms with Gasteiger partial charge < -0.3 is 10.1 Å². The molecular weight excluding hydrogens is 383 g/mol. The van der Waals surface area contributed by atoms with E-state index in [1.807, 2.05) is 26.8 Å². The van der Waals surface area contributed by atoms with Crippen molar-refractivity contribution in [2.45, 2.75) is 46.2 Å². The molecule has 0 unspecified atom stereocenters. The van der Waals surface area contributed by atoms with Crippen molar-refractivity contribution in [2.75, 3.05) is 11.9 Å². The average Bonchev–Trinajstić information content (AvgIpc) is 2.73. The number of nitrogens with zero attached hydrogens (tertiary/aromatic N) is 3. The lowest BCUT2D eigenvalue weighted by Crippen LogP contribution is -2.28. The summed E-state index contributed by atoms with van der Waals surface area (Å²) >= 11 is 0. The molecule has 0 atom stereocenters. The largest absolute Gasteiger partial charge is 0.493 e. The Morgan fingerprint density at radius 1 is 1.23 bits per heavy atom. The Bertz CT molecular complexity index is 1140. The summed E-state index contributed by atoms with van der Waals surface area (Å²) in [5.41, 5.74) is 3.50. The Kier molecular flexibility index (Phi) is 5.53. The Hall–Kier alpha value is -3.22. The van der Waals surface area contributed by atoms with E-state index in [0.717, 1.165) is 35.3 Å². The highest BCUT2D eigenvalue weighted by Gasteiger charge is 2.20. The van der Waals surface area contributed by atoms with Crippen LogP contribution in [0.1, 0.15) is 43.0 Å². The molecule has 4 rings (SSSR count). The van der Waals surface area contributed by atoms with Crippen molar-refractivity contribution in [3.63, 3.8) is 0 Å². The van der Waals surface area contributed by atoms with Gasteiger partial charge in [0, 0.05) is 47.9 Å². The summed E-state index contributed by atoms with van der Waals surface area (Å²) in [6.07, 6.45) is 6.57. The molecule has 0 spiro atoms. The van der Waals surface area contributed by atoms with E-state index < -0.39 is 0 Å². The zero-order valence-electron chi connectivity index (χ0n) is 17.4. The van der Waals surface area contributed by atoms with Gasteiger partial charge in [-0.3, -0.25) is 14.3 Å². The SMILES string of the molecule is Cc1ccncc1-c1cnc(NCc2c(F)ccc3c2CCCO3)n(C(C)C)c1=O. The average molecular weight is 408 g/mol. The third-order valence-electron chi connectivity index (χ3n) is 5.42. The van der Waals surface area contributed by atoms with E-state index >= 15 is 0 Å². The highest BCUT2D eigenvalue weighted by molar-refractivity contribution is 5.65. The fourth-order valence-electron chi connectivity index (χ4n) is 3.85. The lowest BCUT2D eigenvalue weighted by Gasteiger charge is -2.22. The van der Waals surface area contributed by atoms with E-state index in [2.05, 4.69) is 15.3 Å². The predicted molar refractivity (Wildman–Crippen MR) is 114 cm³/mol. The zero-order valence-corrected chi connectivity index (χ0v) is 17.4. The number of fused-ring (bicyclic) bond motifs is 1. The number of aryl methyl sites for hydroxylation is 1. The van der Waals surface area contributed by atoms with Gasteiger partial charge in [-0.2, -0.15) is 0 Å². The third-order valence-corrected chi connectivity index (χ3v) is 5.42. The maximum atomic E-state index is 14.6. The van der Waals surface area contributed by atoms with Gasteiger partial charge in [-0.05, 0) is 57.4 Å². The maximum absolute atomic E-state index is 14.6. The van der Waals surface area contributed by atoms with Crippen LogP contribution in [0.3, 0.4) is 0 Å². The number of anilines is 1. The van der Waals surface area contributed by atoms with Crippen LogP contribution in [0.5, 0.6) is 5.75 Å². The highest BCUT2D eigenvalue weighted by atomic mass is 19.1. The minimum Gasteiger partial charge on any atom is -0.493 e. The second kappa shape index (κ2) is 8.26. The molecule has 0 aliphatic carbocycles. The van der Waals surface area contributed by atoms with Gasteiger partial charge in [0.25, 0.3) is 5.56 Å². The third kappa shape index (κ3) is 3.67. The van der Waals surface area contributed by atoms with Gasteiger partial charge in [0.15, 0.2) is 0 Å². The first-order valence-electron chi connectivity index (χ1n) is 10.2. The second-order valence-corrected chi connectivity index (χ2v) is 7.76. The Morgan fingerprint density at radius 2 is 2.07 bits per heavy atom. The minimum absolute atomic E-state index is 0.123. The van der Waals surface area contributed by atoms with Crippen LogP contribution in [0, 0.1) is 12.7 Å². The topological polar surface area (TPSA) is 69.0 Å². The Morgan fingerprint density at radius 3 is 2.83 bits per heavy atom. The first kappa shape index (κ1) is 20.1. The van der Waals surface area contributed by atoms with E-state index in [0.29, 0.717) is 23.7 Å². The van der Waals surface area contributed by atoms with E-state index in [1.165, 1.54) is 6.07 Å². The smallest absolute Gasteiger partial charge is 0.263 e. The molecule has 1 aliphatic rings. The summed E-state index contributed by atoms with van der Waals surface area (Å²) in [7, 11) is 0. The fourth-order valence-corrected chi connectivity index (χ4v) is 3.85. The van der Waals surface area contributed by atoms with Gasteiger partial charge in [-0.15, -0.1) is 0 Å². The molecular formula is C23H25FN4O2. The molecule has 0 bridgehead atoms. The molecule has 156 valence electrons. The highest BCUT2D eigenvalue weighted by Crippen LogP contribution is 2.30. The summed E-state index contributed by atoms with van der Waals surface area (Å²) in [5.74, 6) is 0.859. The van der Waals surface area contributed by atoms with Gasteiger partial charge in [0.05, 0.1) is 12.2 Å². The lowest BCUT2D eigenvalue weighted by atomic mass is 9.99. The Balaban J connectivity index is 1.70. The lowest BCUT2D eigenvalue weighted by molar-refractivity contribution is 0.286. The van der Waals surface area contributed by atoms with Crippen molar-refractivity contribution >= 4 is 5.95 Å². The molecule has 2 aromatic heterocycles. The molecule has 6 nitrogen and oxygen atoms in total. The number of pyridine rings is 1. The number of hydrogen-bond acceptors (Lipinski definition) is 5. The van der Waals surface area contributed by atoms with Crippen molar-refractivity contribution in [2.24, 2.45) is 0 Å². The first-order chi connectivity index (χ1) is 14.5. The molecule has 0 saturated heterocycles. The molecule has 0 radical (unpaired) electrons. The normalized spacial score (nSPS) is 13.1. The molecule has 1 aliphatic heterocycles. The fraction of sp³-hybridized carbons (Fsp3) is 0.348. The summed E-state index contributed by atoms with van der Waals surface area (Å²) < 4.78 is 21.8. The molecule has 0 fully saturated rings. The number of benzene rings is 1. The quantitative estimate of drug-likeness (QED) is 0.683. The van der Waals surface area contributed by atoms with Crippen LogP contribution in [-0.2, 0) is 13.0 Å².